The molecule has 12 nitrogen and oxygen atoms in total. The maximum atomic E-state index is 12.5. The van der Waals surface area contributed by atoms with Gasteiger partial charge < -0.3 is 24.6 Å². The van der Waals surface area contributed by atoms with E-state index < -0.39 is 0 Å². The summed E-state index contributed by atoms with van der Waals surface area (Å²) in [7, 11) is 0. The highest BCUT2D eigenvalue weighted by atomic mass is 35.5. The summed E-state index contributed by atoms with van der Waals surface area (Å²) < 4.78 is 12.6. The van der Waals surface area contributed by atoms with Crippen LogP contribution in [0, 0.1) is 138 Å². The third kappa shape index (κ3) is 12.6. The number of halogens is 1. The van der Waals surface area contributed by atoms with Crippen LogP contribution in [0.25, 0.3) is 0 Å². The summed E-state index contributed by atoms with van der Waals surface area (Å²) in [6.07, 6.45) is 56.2. The van der Waals surface area contributed by atoms with Crippen LogP contribution < -0.4 is 5.32 Å². The number of ether oxygens (including phenoxy) is 2. The number of nitrogens with zero attached hydrogens (tertiary/aromatic N) is 2. The van der Waals surface area contributed by atoms with Crippen LogP contribution in [-0.2, 0) is 43.0 Å². The van der Waals surface area contributed by atoms with Crippen LogP contribution in [0.15, 0.2) is 82.0 Å². The lowest BCUT2D eigenvalue weighted by molar-refractivity contribution is -0.272. The van der Waals surface area contributed by atoms with E-state index in [1.165, 1.54) is 94.6 Å². The van der Waals surface area contributed by atoms with Crippen molar-refractivity contribution in [3.05, 3.63) is 82.0 Å². The molecule has 16 fully saturated rings. The lowest BCUT2D eigenvalue weighted by atomic mass is 9.44. The van der Waals surface area contributed by atoms with Gasteiger partial charge in [0.15, 0.2) is 12.1 Å². The van der Waals surface area contributed by atoms with Crippen molar-refractivity contribution < 1.29 is 43.0 Å². The summed E-state index contributed by atoms with van der Waals surface area (Å²) in [5, 5.41) is 3.80. The molecule has 0 aromatic carbocycles. The maximum absolute atomic E-state index is 12.5. The first-order valence-electron chi connectivity index (χ1n) is 46.5. The van der Waals surface area contributed by atoms with Crippen molar-refractivity contribution in [3.8, 4) is 0 Å². The predicted octanol–water partition coefficient (Wildman–Crippen LogP) is 21.1. The van der Waals surface area contributed by atoms with E-state index in [9.17, 15) is 33.6 Å². The smallest absolute Gasteiger partial charge is 0.246 e. The molecule has 15 aliphatic carbocycles. The van der Waals surface area contributed by atoms with Crippen LogP contribution in [-0.4, -0.2) is 101 Å². The van der Waals surface area contributed by atoms with Crippen molar-refractivity contribution in [1.82, 2.24) is 15.1 Å². The second kappa shape index (κ2) is 29.4. The molecule has 3 saturated heterocycles. The monoisotopic (exact) mass is 1560 g/mol. The Bertz CT molecular complexity index is 4060. The minimum atomic E-state index is -0.224. The molecule has 21 aliphatic rings. The predicted molar refractivity (Wildman–Crippen MR) is 446 cm³/mol. The number of aldehydes is 1. The molecule has 618 valence electrons. The Morgan fingerprint density at radius 1 is 0.513 bits per heavy atom. The van der Waals surface area contributed by atoms with Gasteiger partial charge in [-0.25, -0.2) is 0 Å². The third-order valence-electron chi connectivity index (χ3n) is 39.7. The molecule has 6 heterocycles. The van der Waals surface area contributed by atoms with E-state index in [-0.39, 0.29) is 55.8 Å². The van der Waals surface area contributed by atoms with Crippen LogP contribution in [0.4, 0.5) is 0 Å². The zero-order valence-electron chi connectivity index (χ0n) is 71.5. The number of carbonyl (C=O) groups is 7. The lowest BCUT2D eigenvalue weighted by Gasteiger charge is -2.62. The molecule has 26 atom stereocenters. The van der Waals surface area contributed by atoms with Crippen LogP contribution in [0.5, 0.6) is 0 Å². The van der Waals surface area contributed by atoms with Crippen LogP contribution in [0.1, 0.15) is 307 Å². The average molecular weight is 1570 g/mol. The molecule has 0 aromatic rings. The summed E-state index contributed by atoms with van der Waals surface area (Å²) in [6.45, 7) is 34.6. The Balaban J connectivity index is 0.000000102. The summed E-state index contributed by atoms with van der Waals surface area (Å²) in [6, 6.07) is 0. The van der Waals surface area contributed by atoms with Gasteiger partial charge in [-0.05, 0) is 329 Å². The van der Waals surface area contributed by atoms with E-state index in [1.807, 2.05) is 18.2 Å². The minimum Gasteiger partial charge on any atom is -0.353 e. The Labute approximate surface area is 684 Å². The van der Waals surface area contributed by atoms with Crippen LogP contribution >= 0.6 is 11.6 Å². The highest BCUT2D eigenvalue weighted by Gasteiger charge is 2.67. The number of amides is 3. The Morgan fingerprint density at radius 3 is 1.73 bits per heavy atom. The zero-order chi connectivity index (χ0) is 79.6. The van der Waals surface area contributed by atoms with Crippen LogP contribution in [0.2, 0.25) is 0 Å². The summed E-state index contributed by atoms with van der Waals surface area (Å²) >= 11 is 6.60. The minimum absolute atomic E-state index is 0.00350. The Hall–Kier alpha value is -4.52. The Kier molecular flexibility index (Phi) is 21.1. The molecule has 0 aromatic heterocycles. The maximum Gasteiger partial charge on any atom is 0.246 e. The van der Waals surface area contributed by atoms with Crippen molar-refractivity contribution in [2.75, 3.05) is 32.8 Å². The molecular weight excluding hydrogens is 1420 g/mol. The number of hydrogen-bond donors (Lipinski definition) is 1. The number of Topliss-reactive ketones (excluding diaryl/α,β-unsaturated/α-hetero) is 3. The standard InChI is InChI=1S/C22H34O2.C21H27ClO.3C19H27NO2/c1-15-5-7-17-16-6-8-19-21(3,18(16)9-12-20(15,17)2)10-4-11-22(19)23-13-14-24-22;1-13-6-8-20(2)15(10-13)4-5-16-17(20)7-9-21(3)18(16)11-14(12-23)19(21)22;1-18-9-10-20-17(22)11-12(18)3-4-13-14-5-6-16(21)19(14,2)8-7-15(13)18;2*1-18-11-8-15-13(14(18)6-7-16(18)21)9-12-20-17(22)5-3-4-10-19(15,20)2/h16-19H,1,4-14H2,2-3H3;4,11-13,16-17H,5-10H2,1-3H3;11,13-15H,3-10H2,1-2H3,(H,20,22);3,5,13-15H,4,6-12H2,1-2H3;3-4,13-15H,5-12H2,1-2H3/t16-,17-,18?,19?,20+,21+;13-,16+,17?,20-,21-;13-,14-,15-,18-,19-;2*13-,14-,15?,18-,19+/m00000/s1. The first kappa shape index (κ1) is 80.9. The number of rotatable bonds is 1. The van der Waals surface area contributed by atoms with E-state index >= 15 is 0 Å². The molecule has 1 N–H and O–H groups in total. The number of piperidine rings is 2. The summed E-state index contributed by atoms with van der Waals surface area (Å²) in [5.74, 6) is 12.8. The highest BCUT2D eigenvalue weighted by molar-refractivity contribution is 6.33. The van der Waals surface area contributed by atoms with Crippen molar-refractivity contribution in [3.63, 3.8) is 0 Å². The van der Waals surface area contributed by atoms with Gasteiger partial charge in [0.25, 0.3) is 0 Å². The number of hydrogen-bond acceptors (Lipinski definition) is 9. The van der Waals surface area contributed by atoms with E-state index in [4.69, 9.17) is 21.1 Å². The molecule has 5 unspecified atom stereocenters. The highest BCUT2D eigenvalue weighted by Crippen LogP contribution is 2.72. The molecule has 13 heteroatoms. The van der Waals surface area contributed by atoms with E-state index in [2.05, 4.69) is 116 Å². The summed E-state index contributed by atoms with van der Waals surface area (Å²) in [5.41, 5.74) is 7.93. The second-order valence-corrected chi connectivity index (χ2v) is 44.4. The molecule has 0 bridgehead atoms. The third-order valence-corrected chi connectivity index (χ3v) is 40.4. The fraction of sp³-hybridized carbons (Fsp3) is 0.790. The van der Waals surface area contributed by atoms with Gasteiger partial charge in [0.2, 0.25) is 17.7 Å². The summed E-state index contributed by atoms with van der Waals surface area (Å²) in [4.78, 5) is 89.7. The van der Waals surface area contributed by atoms with Gasteiger partial charge in [-0.3, -0.25) is 33.6 Å². The van der Waals surface area contributed by atoms with Gasteiger partial charge in [-0.15, -0.1) is 0 Å². The quantitative estimate of drug-likeness (QED) is 0.199. The molecular formula is C100H142ClN3O9. The molecule has 13 saturated carbocycles. The first-order valence-corrected chi connectivity index (χ1v) is 46.9. The number of carbonyl (C=O) groups excluding carboxylic acids is 7. The molecule has 6 aliphatic heterocycles. The van der Waals surface area contributed by atoms with Gasteiger partial charge in [-0.2, -0.15) is 0 Å². The number of allylic oxidation sites excluding steroid dienone is 9. The van der Waals surface area contributed by atoms with E-state index in [0.717, 1.165) is 221 Å². The average Bonchev–Trinajstić information content (AvgIpc) is 1.64. The van der Waals surface area contributed by atoms with Gasteiger partial charge in [0.1, 0.15) is 17.3 Å². The molecule has 1 spiro atoms. The van der Waals surface area contributed by atoms with Crippen molar-refractivity contribution in [1.29, 1.82) is 0 Å². The molecule has 21 rings (SSSR count). The number of nitrogens with one attached hydrogen (secondary N) is 1. The fourth-order valence-electron chi connectivity index (χ4n) is 33.1. The normalized spacial score (nSPS) is 48.4. The molecule has 113 heavy (non-hydrogen) atoms. The Morgan fingerprint density at radius 2 is 1.07 bits per heavy atom. The van der Waals surface area contributed by atoms with Crippen molar-refractivity contribution >= 4 is 53.0 Å². The van der Waals surface area contributed by atoms with Crippen LogP contribution in [0.3, 0.4) is 0 Å². The number of ketones is 3. The first-order chi connectivity index (χ1) is 53.8. The SMILES string of the molecule is C=C1CC[C@H]2[C@@H]3CCC4C5(CCC[C@]4(C)C3CC[C@]12C)OCCO5.C[C@H]1CC[C@@]2(C)C(=CC[C@H]3C4=CC(C=O)=C(Cl)[C@@]4(C)CCC32)C1.C[C@]12CCC3[C@@H](CCN4C(=O)C=CCC[C@]34C)[C@@H]1CCC2=O.C[C@]12CCC3[C@@H](CCN4C(=O)CC=CC[C@]34C)[C@@H]1CCC2=O.C[C@]12CCNC(=O)C=C1CC[C@@H]1[C@@H]2CC[C@]2(C)C(=O)CC[C@@H]12. The molecule has 0 radical (unpaired) electrons. The zero-order valence-corrected chi connectivity index (χ0v) is 72.3. The molecule has 3 amide bonds. The van der Waals surface area contributed by atoms with Gasteiger partial charge in [0, 0.05) is 107 Å². The lowest BCUT2D eigenvalue weighted by Crippen LogP contribution is -2.62. The van der Waals surface area contributed by atoms with Gasteiger partial charge >= 0.3 is 0 Å². The van der Waals surface area contributed by atoms with E-state index in [1.54, 1.807) is 17.2 Å². The van der Waals surface area contributed by atoms with E-state index in [0.29, 0.717) is 111 Å². The van der Waals surface area contributed by atoms with Crippen molar-refractivity contribution in [2.45, 2.75) is 324 Å². The van der Waals surface area contributed by atoms with Gasteiger partial charge in [0.05, 0.1) is 13.2 Å². The number of fused-ring (bicyclic) bond motifs is 26. The van der Waals surface area contributed by atoms with Crippen molar-refractivity contribution in [2.24, 2.45) is 138 Å². The topological polar surface area (TPSA) is 156 Å². The largest absolute Gasteiger partial charge is 0.353 e. The fourth-order valence-corrected chi connectivity index (χ4v) is 33.4. The van der Waals surface area contributed by atoms with Gasteiger partial charge in [-0.1, -0.05) is 133 Å². The second-order valence-electron chi connectivity index (χ2n) is 44.0.